The standard InChI is InChI=1S/C8H20N2O/c1-4-11-8(7-9)5-6-10(2)3/h8H,4-7,9H2,1-3H3/t8-/m1/s1. The molecule has 0 aromatic rings. The van der Waals surface area contributed by atoms with Gasteiger partial charge in [0.1, 0.15) is 0 Å². The summed E-state index contributed by atoms with van der Waals surface area (Å²) in [7, 11) is 4.11. The molecule has 0 radical (unpaired) electrons. The zero-order valence-electron chi connectivity index (χ0n) is 7.84. The second kappa shape index (κ2) is 6.58. The molecule has 0 aliphatic rings. The minimum Gasteiger partial charge on any atom is -0.377 e. The zero-order chi connectivity index (χ0) is 8.69. The van der Waals surface area contributed by atoms with Crippen molar-refractivity contribution < 1.29 is 4.74 Å². The van der Waals surface area contributed by atoms with Gasteiger partial charge in [-0.2, -0.15) is 0 Å². The molecule has 0 aliphatic heterocycles. The smallest absolute Gasteiger partial charge is 0.0709 e. The van der Waals surface area contributed by atoms with E-state index in [4.69, 9.17) is 10.5 Å². The van der Waals surface area contributed by atoms with Gasteiger partial charge >= 0.3 is 0 Å². The molecule has 68 valence electrons. The van der Waals surface area contributed by atoms with Gasteiger partial charge in [-0.05, 0) is 27.4 Å². The number of hydrogen-bond acceptors (Lipinski definition) is 3. The van der Waals surface area contributed by atoms with Gasteiger partial charge in [0.2, 0.25) is 0 Å². The van der Waals surface area contributed by atoms with Crippen LogP contribution in [0.1, 0.15) is 13.3 Å². The van der Waals surface area contributed by atoms with Crippen molar-refractivity contribution >= 4 is 0 Å². The molecule has 2 N–H and O–H groups in total. The maximum Gasteiger partial charge on any atom is 0.0709 e. The van der Waals surface area contributed by atoms with Crippen LogP contribution in [0.15, 0.2) is 0 Å². The van der Waals surface area contributed by atoms with Crippen LogP contribution in [0.5, 0.6) is 0 Å². The summed E-state index contributed by atoms with van der Waals surface area (Å²) in [6.07, 6.45) is 1.26. The van der Waals surface area contributed by atoms with E-state index in [0.717, 1.165) is 19.6 Å². The number of nitrogens with zero attached hydrogens (tertiary/aromatic N) is 1. The molecule has 1 atom stereocenters. The molecule has 0 saturated carbocycles. The van der Waals surface area contributed by atoms with Crippen molar-refractivity contribution in [1.82, 2.24) is 4.90 Å². The zero-order valence-corrected chi connectivity index (χ0v) is 7.84. The summed E-state index contributed by atoms with van der Waals surface area (Å²) < 4.78 is 5.39. The Morgan fingerprint density at radius 2 is 2.09 bits per heavy atom. The second-order valence-corrected chi connectivity index (χ2v) is 2.91. The number of hydrogen-bond donors (Lipinski definition) is 1. The summed E-state index contributed by atoms with van der Waals surface area (Å²) in [6, 6.07) is 0. The molecule has 0 aromatic carbocycles. The Balaban J connectivity index is 3.35. The van der Waals surface area contributed by atoms with E-state index in [9.17, 15) is 0 Å². The summed E-state index contributed by atoms with van der Waals surface area (Å²) in [5.41, 5.74) is 5.50. The van der Waals surface area contributed by atoms with Gasteiger partial charge in [-0.25, -0.2) is 0 Å². The number of ether oxygens (including phenoxy) is 1. The molecule has 0 aliphatic carbocycles. The van der Waals surface area contributed by atoms with Crippen LogP contribution in [-0.4, -0.2) is 44.8 Å². The Morgan fingerprint density at radius 3 is 2.45 bits per heavy atom. The van der Waals surface area contributed by atoms with E-state index in [1.165, 1.54) is 0 Å². The minimum atomic E-state index is 0.238. The molecule has 3 nitrogen and oxygen atoms in total. The topological polar surface area (TPSA) is 38.5 Å². The molecule has 0 heterocycles. The third kappa shape index (κ3) is 6.28. The number of nitrogens with two attached hydrogens (primary N) is 1. The van der Waals surface area contributed by atoms with Crippen LogP contribution in [0, 0.1) is 0 Å². The van der Waals surface area contributed by atoms with Gasteiger partial charge in [-0.3, -0.25) is 0 Å². The van der Waals surface area contributed by atoms with Gasteiger partial charge in [-0.1, -0.05) is 0 Å². The Hall–Kier alpha value is -0.120. The first-order valence-electron chi connectivity index (χ1n) is 4.17. The summed E-state index contributed by atoms with van der Waals surface area (Å²) in [6.45, 7) is 4.43. The van der Waals surface area contributed by atoms with Crippen molar-refractivity contribution in [2.75, 3.05) is 33.8 Å². The van der Waals surface area contributed by atoms with Crippen molar-refractivity contribution in [3.8, 4) is 0 Å². The highest BCUT2D eigenvalue weighted by Gasteiger charge is 2.05. The first-order valence-corrected chi connectivity index (χ1v) is 4.17. The van der Waals surface area contributed by atoms with Gasteiger partial charge in [0.15, 0.2) is 0 Å². The molecular weight excluding hydrogens is 140 g/mol. The Kier molecular flexibility index (Phi) is 6.51. The molecule has 0 bridgehead atoms. The van der Waals surface area contributed by atoms with Crippen LogP contribution in [0.2, 0.25) is 0 Å². The van der Waals surface area contributed by atoms with Crippen LogP contribution >= 0.6 is 0 Å². The fourth-order valence-electron chi connectivity index (χ4n) is 0.907. The summed E-state index contributed by atoms with van der Waals surface area (Å²) >= 11 is 0. The van der Waals surface area contributed by atoms with Gasteiger partial charge in [0.25, 0.3) is 0 Å². The SMILES string of the molecule is CCO[C@@H](CN)CCN(C)C. The Morgan fingerprint density at radius 1 is 1.45 bits per heavy atom. The molecule has 0 rings (SSSR count). The molecular formula is C8H20N2O. The van der Waals surface area contributed by atoms with Crippen LogP contribution < -0.4 is 5.73 Å². The normalized spacial score (nSPS) is 13.9. The molecule has 0 spiro atoms. The minimum absolute atomic E-state index is 0.238. The van der Waals surface area contributed by atoms with E-state index < -0.39 is 0 Å². The highest BCUT2D eigenvalue weighted by atomic mass is 16.5. The van der Waals surface area contributed by atoms with Crippen LogP contribution in [0.4, 0.5) is 0 Å². The molecule has 0 fully saturated rings. The van der Waals surface area contributed by atoms with Crippen molar-refractivity contribution in [2.45, 2.75) is 19.4 Å². The van der Waals surface area contributed by atoms with Crippen LogP contribution in [0.3, 0.4) is 0 Å². The lowest BCUT2D eigenvalue weighted by Gasteiger charge is -2.17. The van der Waals surface area contributed by atoms with E-state index in [1.807, 2.05) is 6.92 Å². The van der Waals surface area contributed by atoms with Gasteiger partial charge in [0, 0.05) is 19.7 Å². The summed E-state index contributed by atoms with van der Waals surface area (Å²) in [5.74, 6) is 0. The Bertz CT molecular complexity index is 86.2. The second-order valence-electron chi connectivity index (χ2n) is 2.91. The average Bonchev–Trinajstić information content (AvgIpc) is 1.97. The molecule has 3 heteroatoms. The maximum absolute atomic E-state index is 5.50. The highest BCUT2D eigenvalue weighted by molar-refractivity contribution is 4.59. The summed E-state index contributed by atoms with van der Waals surface area (Å²) in [5, 5.41) is 0. The quantitative estimate of drug-likeness (QED) is 0.607. The van der Waals surface area contributed by atoms with Gasteiger partial charge in [-0.15, -0.1) is 0 Å². The first kappa shape index (κ1) is 10.9. The maximum atomic E-state index is 5.50. The van der Waals surface area contributed by atoms with E-state index in [1.54, 1.807) is 0 Å². The third-order valence-electron chi connectivity index (χ3n) is 1.56. The van der Waals surface area contributed by atoms with Crippen LogP contribution in [-0.2, 0) is 4.74 Å². The monoisotopic (exact) mass is 160 g/mol. The predicted molar refractivity (Wildman–Crippen MR) is 47.6 cm³/mol. The lowest BCUT2D eigenvalue weighted by atomic mass is 10.2. The first-order chi connectivity index (χ1) is 5.20. The molecule has 0 saturated heterocycles. The van der Waals surface area contributed by atoms with Crippen LogP contribution in [0.25, 0.3) is 0 Å². The predicted octanol–water partition coefficient (Wildman–Crippen LogP) is 0.302. The molecule has 0 amide bonds. The average molecular weight is 160 g/mol. The Labute approximate surface area is 69.5 Å². The van der Waals surface area contributed by atoms with E-state index in [-0.39, 0.29) is 6.10 Å². The lowest BCUT2D eigenvalue weighted by Crippen LogP contribution is -2.28. The van der Waals surface area contributed by atoms with Gasteiger partial charge < -0.3 is 15.4 Å². The van der Waals surface area contributed by atoms with Gasteiger partial charge in [0.05, 0.1) is 6.10 Å². The fourth-order valence-corrected chi connectivity index (χ4v) is 0.907. The largest absolute Gasteiger partial charge is 0.377 e. The third-order valence-corrected chi connectivity index (χ3v) is 1.56. The van der Waals surface area contributed by atoms with Crippen molar-refractivity contribution in [3.05, 3.63) is 0 Å². The highest BCUT2D eigenvalue weighted by Crippen LogP contribution is 1.96. The molecule has 0 unspecified atom stereocenters. The van der Waals surface area contributed by atoms with E-state index >= 15 is 0 Å². The summed E-state index contributed by atoms with van der Waals surface area (Å²) in [4.78, 5) is 2.14. The van der Waals surface area contributed by atoms with E-state index in [0.29, 0.717) is 6.54 Å². The lowest BCUT2D eigenvalue weighted by molar-refractivity contribution is 0.0580. The number of rotatable bonds is 6. The molecule has 11 heavy (non-hydrogen) atoms. The molecule has 0 aromatic heterocycles. The van der Waals surface area contributed by atoms with Crippen molar-refractivity contribution in [3.63, 3.8) is 0 Å². The van der Waals surface area contributed by atoms with Crippen molar-refractivity contribution in [1.29, 1.82) is 0 Å². The fraction of sp³-hybridized carbons (Fsp3) is 1.00. The van der Waals surface area contributed by atoms with Crippen molar-refractivity contribution in [2.24, 2.45) is 5.73 Å². The van der Waals surface area contributed by atoms with E-state index in [2.05, 4.69) is 19.0 Å².